The molecule has 0 saturated carbocycles. The molecule has 5 heterocycles. The van der Waals surface area contributed by atoms with Crippen LogP contribution in [0.25, 0.3) is 43.9 Å². The number of aliphatic hydroxyl groups is 1. The number of thiophene rings is 1. The Balaban J connectivity index is 1.48. The highest BCUT2D eigenvalue weighted by molar-refractivity contribution is 7.18. The molecule has 3 aromatic heterocycles. The predicted octanol–water partition coefficient (Wildman–Crippen LogP) is 5.99. The van der Waals surface area contributed by atoms with Gasteiger partial charge in [0.1, 0.15) is 35.4 Å². The van der Waals surface area contributed by atoms with Gasteiger partial charge in [-0.25, -0.2) is 18.2 Å². The Morgan fingerprint density at radius 2 is 2.00 bits per heavy atom. The van der Waals surface area contributed by atoms with Crippen LogP contribution in [0.1, 0.15) is 35.5 Å². The number of nitrogens with zero attached hydrogens (tertiary/aromatic N) is 4. The van der Waals surface area contributed by atoms with Gasteiger partial charge in [0.25, 0.3) is 11.8 Å². The van der Waals surface area contributed by atoms with Gasteiger partial charge < -0.3 is 20.1 Å². The summed E-state index contributed by atoms with van der Waals surface area (Å²) in [6.45, 7) is 6.90. The number of aliphatic hydroxyl groups excluding tert-OH is 1. The minimum Gasteiger partial charge on any atom is -0.490 e. The van der Waals surface area contributed by atoms with Gasteiger partial charge in [-0.15, -0.1) is 11.3 Å². The largest absolute Gasteiger partial charge is 0.490 e. The molecule has 2 N–H and O–H groups in total. The van der Waals surface area contributed by atoms with Gasteiger partial charge in [0.05, 0.1) is 36.1 Å². The van der Waals surface area contributed by atoms with Gasteiger partial charge in [-0.3, -0.25) is 14.3 Å². The van der Waals surface area contributed by atoms with Crippen molar-refractivity contribution in [3.63, 3.8) is 0 Å². The summed E-state index contributed by atoms with van der Waals surface area (Å²) in [7, 11) is 0. The zero-order valence-corrected chi connectivity index (χ0v) is 26.1. The number of carbonyl (C=O) groups excluding carboxylic acids is 2. The number of carbonyl (C=O) groups is 2. The van der Waals surface area contributed by atoms with E-state index in [9.17, 15) is 23.5 Å². The molecule has 9 nitrogen and oxygen atoms in total. The number of benzene rings is 2. The number of nitrogens with one attached hydrogen (secondary N) is 1. The third-order valence-electron chi connectivity index (χ3n) is 8.32. The molecule has 2 unspecified atom stereocenters. The minimum atomic E-state index is -1.07. The second kappa shape index (κ2) is 11.7. The third-order valence-corrected chi connectivity index (χ3v) is 9.25. The zero-order chi connectivity index (χ0) is 33.1. The summed E-state index contributed by atoms with van der Waals surface area (Å²) in [5, 5.41) is 20.1. The number of ether oxygens (including phenoxy) is 1. The normalized spacial score (nSPS) is 16.2. The topological polar surface area (TPSA) is 110 Å². The lowest BCUT2D eigenvalue weighted by atomic mass is 9.95. The molecule has 0 radical (unpaired) electrons. The van der Waals surface area contributed by atoms with Gasteiger partial charge in [-0.2, -0.15) is 5.10 Å². The summed E-state index contributed by atoms with van der Waals surface area (Å²) < 4.78 is 52.5. The molecular formula is C34H28F3N5O4S. The van der Waals surface area contributed by atoms with E-state index >= 15 is 4.39 Å². The lowest BCUT2D eigenvalue weighted by Crippen LogP contribution is -2.45. The Morgan fingerprint density at radius 3 is 2.77 bits per heavy atom. The van der Waals surface area contributed by atoms with Crippen LogP contribution in [0.4, 0.5) is 13.2 Å². The van der Waals surface area contributed by atoms with Crippen molar-refractivity contribution in [3.8, 4) is 39.5 Å². The molecule has 0 bridgehead atoms. The number of pyridine rings is 1. The molecule has 0 spiro atoms. The molecule has 13 heteroatoms. The Bertz CT molecular complexity index is 2120. The number of fused-ring (bicyclic) bond motifs is 3. The molecule has 0 aliphatic carbocycles. The van der Waals surface area contributed by atoms with Crippen LogP contribution in [-0.2, 0) is 24.4 Å². The number of hydrogen-bond acceptors (Lipinski definition) is 7. The molecule has 240 valence electrons. The maximum absolute atomic E-state index is 16.0. The molecule has 5 aromatic rings. The lowest BCUT2D eigenvalue weighted by Gasteiger charge is -2.33. The fraction of sp³-hybridized carbons (Fsp3) is 0.235. The van der Waals surface area contributed by atoms with E-state index in [0.717, 1.165) is 23.3 Å². The molecule has 2 aliphatic heterocycles. The van der Waals surface area contributed by atoms with E-state index in [-0.39, 0.29) is 42.6 Å². The van der Waals surface area contributed by atoms with Gasteiger partial charge in [-0.05, 0) is 49.1 Å². The first-order chi connectivity index (χ1) is 22.5. The number of hydrogen-bond donors (Lipinski definition) is 2. The summed E-state index contributed by atoms with van der Waals surface area (Å²) in [6.07, 6.45) is -0.912. The van der Waals surface area contributed by atoms with Gasteiger partial charge >= 0.3 is 0 Å². The third kappa shape index (κ3) is 5.34. The highest BCUT2D eigenvalue weighted by Crippen LogP contribution is 2.47. The minimum absolute atomic E-state index is 0.0535. The SMILES string of the molecule is C=C(F)C(=O)N1Cc2cc(-c3nc(-c4ccc5c(c4)CNC5=O)c4ccsc4c3-c3c(F)cc(F)cc3OCC(C)O)nn2CC1C. The van der Waals surface area contributed by atoms with E-state index in [4.69, 9.17) is 14.8 Å². The monoisotopic (exact) mass is 659 g/mol. The van der Waals surface area contributed by atoms with Crippen molar-refractivity contribution in [1.82, 2.24) is 25.0 Å². The second-order valence-electron chi connectivity index (χ2n) is 11.7. The highest BCUT2D eigenvalue weighted by atomic mass is 32.1. The number of amides is 2. The van der Waals surface area contributed by atoms with Crippen molar-refractivity contribution in [2.45, 2.75) is 45.6 Å². The van der Waals surface area contributed by atoms with Crippen LogP contribution in [-0.4, -0.2) is 55.3 Å². The molecular weight excluding hydrogens is 631 g/mol. The van der Waals surface area contributed by atoms with Crippen LogP contribution in [0.3, 0.4) is 0 Å². The van der Waals surface area contributed by atoms with E-state index in [1.165, 1.54) is 23.2 Å². The summed E-state index contributed by atoms with van der Waals surface area (Å²) >= 11 is 1.33. The zero-order valence-electron chi connectivity index (χ0n) is 25.3. The Labute approximate surface area is 270 Å². The van der Waals surface area contributed by atoms with Gasteiger partial charge in [0, 0.05) is 51.5 Å². The van der Waals surface area contributed by atoms with Crippen molar-refractivity contribution in [2.24, 2.45) is 0 Å². The van der Waals surface area contributed by atoms with Crippen LogP contribution in [0.2, 0.25) is 0 Å². The van der Waals surface area contributed by atoms with Crippen LogP contribution >= 0.6 is 11.3 Å². The summed E-state index contributed by atoms with van der Waals surface area (Å²) in [5.41, 5.74) is 4.12. The van der Waals surface area contributed by atoms with Crippen LogP contribution < -0.4 is 10.1 Å². The Morgan fingerprint density at radius 1 is 1.19 bits per heavy atom. The molecule has 2 aliphatic rings. The molecule has 0 fully saturated rings. The van der Waals surface area contributed by atoms with E-state index in [0.29, 0.717) is 44.8 Å². The fourth-order valence-electron chi connectivity index (χ4n) is 6.12. The fourth-order valence-corrected chi connectivity index (χ4v) is 7.07. The van der Waals surface area contributed by atoms with E-state index < -0.39 is 35.5 Å². The lowest BCUT2D eigenvalue weighted by molar-refractivity contribution is -0.132. The Hall–Kier alpha value is -5.01. The molecule has 2 aromatic carbocycles. The second-order valence-corrected chi connectivity index (χ2v) is 12.6. The number of rotatable bonds is 7. The van der Waals surface area contributed by atoms with Crippen molar-refractivity contribution in [1.29, 1.82) is 0 Å². The highest BCUT2D eigenvalue weighted by Gasteiger charge is 2.32. The maximum atomic E-state index is 16.0. The molecule has 0 saturated heterocycles. The first kappa shape index (κ1) is 30.6. The van der Waals surface area contributed by atoms with Crippen molar-refractivity contribution >= 4 is 33.2 Å². The molecule has 2 atom stereocenters. The van der Waals surface area contributed by atoms with Crippen molar-refractivity contribution in [3.05, 3.63) is 88.7 Å². The first-order valence-corrected chi connectivity index (χ1v) is 15.7. The van der Waals surface area contributed by atoms with Crippen LogP contribution in [0, 0.1) is 11.6 Å². The molecule has 47 heavy (non-hydrogen) atoms. The molecule has 2 amide bonds. The van der Waals surface area contributed by atoms with E-state index in [1.807, 2.05) is 17.5 Å². The van der Waals surface area contributed by atoms with Crippen molar-refractivity contribution < 1.29 is 32.6 Å². The number of aromatic nitrogens is 3. The van der Waals surface area contributed by atoms with Crippen molar-refractivity contribution in [2.75, 3.05) is 6.61 Å². The summed E-state index contributed by atoms with van der Waals surface area (Å²) in [5.74, 6) is -3.90. The average molecular weight is 660 g/mol. The van der Waals surface area contributed by atoms with E-state index in [1.54, 1.807) is 29.8 Å². The predicted molar refractivity (Wildman–Crippen MR) is 170 cm³/mol. The van der Waals surface area contributed by atoms with Gasteiger partial charge in [-0.1, -0.05) is 12.6 Å². The maximum Gasteiger partial charge on any atom is 0.282 e. The van der Waals surface area contributed by atoms with Gasteiger partial charge in [0.2, 0.25) is 0 Å². The average Bonchev–Trinajstić information content (AvgIpc) is 3.77. The van der Waals surface area contributed by atoms with Crippen LogP contribution in [0.15, 0.2) is 60.3 Å². The standard InChI is InChI=1S/C34H28F3N5O4S/c1-16-13-42-22(14-41(16)34(45)18(3)35)11-26(40-42)31-29(28-25(37)9-21(36)10-27(28)46-15-17(2)43)32-24(6-7-47-32)30(39-31)19-4-5-23-20(8-19)12-38-33(23)44/h4-11,16-17,43H,3,12-15H2,1-2H3,(H,38,44). The summed E-state index contributed by atoms with van der Waals surface area (Å²) in [6, 6.07) is 10.4. The Kier molecular flexibility index (Phi) is 7.60. The number of halogens is 3. The summed E-state index contributed by atoms with van der Waals surface area (Å²) in [4.78, 5) is 31.3. The smallest absolute Gasteiger partial charge is 0.282 e. The van der Waals surface area contributed by atoms with Crippen LogP contribution in [0.5, 0.6) is 5.75 Å². The van der Waals surface area contributed by atoms with E-state index in [2.05, 4.69) is 11.9 Å². The molecule has 7 rings (SSSR count). The quantitative estimate of drug-likeness (QED) is 0.208. The first-order valence-electron chi connectivity index (χ1n) is 14.9. The van der Waals surface area contributed by atoms with Gasteiger partial charge in [0.15, 0.2) is 5.83 Å².